The van der Waals surface area contributed by atoms with Crippen LogP contribution in [0.2, 0.25) is 0 Å². The van der Waals surface area contributed by atoms with Crippen molar-refractivity contribution in [1.29, 1.82) is 0 Å². The molecule has 1 fully saturated rings. The highest BCUT2D eigenvalue weighted by Crippen LogP contribution is 2.37. The molecule has 1 aromatic carbocycles. The van der Waals surface area contributed by atoms with Crippen LogP contribution < -0.4 is 14.3 Å². The van der Waals surface area contributed by atoms with E-state index in [1.54, 1.807) is 29.0 Å². The zero-order chi connectivity index (χ0) is 25.3. The van der Waals surface area contributed by atoms with Gasteiger partial charge in [0.2, 0.25) is 5.91 Å². The molecule has 1 saturated heterocycles. The Hall–Kier alpha value is -2.36. The molecule has 0 saturated carbocycles. The van der Waals surface area contributed by atoms with Gasteiger partial charge in [-0.25, -0.2) is 4.98 Å². The van der Waals surface area contributed by atoms with Crippen molar-refractivity contribution in [2.45, 2.75) is 27.7 Å². The molecule has 0 atom stereocenters. The summed E-state index contributed by atoms with van der Waals surface area (Å²) < 4.78 is 54.9. The average Bonchev–Trinajstić information content (AvgIpc) is 3.61. The van der Waals surface area contributed by atoms with E-state index in [9.17, 15) is 21.6 Å². The number of aromatic nitrogens is 1. The minimum absolute atomic E-state index is 0.0273. The third kappa shape index (κ3) is 5.06. The van der Waals surface area contributed by atoms with E-state index in [0.29, 0.717) is 31.4 Å². The van der Waals surface area contributed by atoms with E-state index in [0.717, 1.165) is 48.6 Å². The van der Waals surface area contributed by atoms with Crippen LogP contribution in [0.3, 0.4) is 0 Å². The number of thiophene rings is 2. The van der Waals surface area contributed by atoms with Crippen molar-refractivity contribution in [3.8, 4) is 0 Å². The molecule has 1 aliphatic heterocycles. The fourth-order valence-corrected chi connectivity index (χ4v) is 11.0. The van der Waals surface area contributed by atoms with Gasteiger partial charge in [-0.15, -0.1) is 22.7 Å². The smallest absolute Gasteiger partial charge is 0.287 e. The molecule has 3 aromatic heterocycles. The number of rotatable bonds is 8. The normalized spacial score (nSPS) is 15.2. The fourth-order valence-electron chi connectivity index (χ4n) is 3.99. The van der Waals surface area contributed by atoms with Gasteiger partial charge in [0.1, 0.15) is 8.42 Å². The second-order valence-corrected chi connectivity index (χ2v) is 15.4. The van der Waals surface area contributed by atoms with Crippen LogP contribution in [0.25, 0.3) is 10.2 Å². The van der Waals surface area contributed by atoms with Gasteiger partial charge < -0.3 is 10.6 Å². The minimum atomic E-state index is -4.41. The number of hydrogen-bond donors (Lipinski definition) is 2. The Morgan fingerprint density at radius 1 is 1.00 bits per heavy atom. The van der Waals surface area contributed by atoms with Crippen LogP contribution in [0.1, 0.15) is 19.3 Å². The van der Waals surface area contributed by atoms with Crippen LogP contribution in [0.5, 0.6) is 0 Å². The number of nitrogens with zero attached hydrogens (tertiary/aromatic N) is 2. The van der Waals surface area contributed by atoms with Gasteiger partial charge in [0.25, 0.3) is 20.0 Å². The summed E-state index contributed by atoms with van der Waals surface area (Å²) in [7, 11) is -8.82. The van der Waals surface area contributed by atoms with E-state index in [1.165, 1.54) is 35.6 Å². The zero-order valence-electron chi connectivity index (χ0n) is 18.8. The molecule has 1 amide bonds. The van der Waals surface area contributed by atoms with E-state index in [1.807, 2.05) is 0 Å². The maximum absolute atomic E-state index is 13.5. The lowest BCUT2D eigenvalue weighted by atomic mass is 9.94. The van der Waals surface area contributed by atoms with Gasteiger partial charge >= 0.3 is 0 Å². The Balaban J connectivity index is 1.48. The first-order valence-corrected chi connectivity index (χ1v) is 16.5. The Bertz CT molecular complexity index is 1510. The van der Waals surface area contributed by atoms with Crippen molar-refractivity contribution in [3.63, 3.8) is 0 Å². The highest BCUT2D eigenvalue weighted by molar-refractivity contribution is 8.11. The molecule has 2 N–H and O–H groups in total. The summed E-state index contributed by atoms with van der Waals surface area (Å²) >= 11 is 3.06. The summed E-state index contributed by atoms with van der Waals surface area (Å²) in [4.78, 5) is 17.0. The van der Waals surface area contributed by atoms with Crippen LogP contribution in [-0.2, 0) is 24.8 Å². The summed E-state index contributed by atoms with van der Waals surface area (Å²) in [6.45, 7) is 1.81. The first-order valence-electron chi connectivity index (χ1n) is 11.0. The number of amides is 1. The van der Waals surface area contributed by atoms with Crippen molar-refractivity contribution in [1.82, 2.24) is 10.3 Å². The van der Waals surface area contributed by atoms with Gasteiger partial charge in [-0.05, 0) is 72.9 Å². The van der Waals surface area contributed by atoms with Crippen LogP contribution in [-0.4, -0.2) is 40.8 Å². The number of nitrogens with one attached hydrogen (secondary N) is 2. The van der Waals surface area contributed by atoms with Gasteiger partial charge in [0.05, 0.1) is 15.9 Å². The highest BCUT2D eigenvalue weighted by atomic mass is 32.3. The number of fused-ring (bicyclic) bond motifs is 1. The van der Waals surface area contributed by atoms with E-state index in [-0.39, 0.29) is 20.0 Å². The SMILES string of the molecule is O=C(CC1CCNCC1)Nc1nc2ccc(N(S(=O)(=O)c3cccs3)S(=O)(=O)c3cccs3)cc2s1. The van der Waals surface area contributed by atoms with Crippen molar-refractivity contribution in [3.05, 3.63) is 53.2 Å². The van der Waals surface area contributed by atoms with Crippen LogP contribution in [0.15, 0.2) is 61.6 Å². The fraction of sp³-hybridized carbons (Fsp3) is 0.273. The lowest BCUT2D eigenvalue weighted by molar-refractivity contribution is -0.117. The van der Waals surface area contributed by atoms with E-state index < -0.39 is 20.0 Å². The molecule has 9 nitrogen and oxygen atoms in total. The van der Waals surface area contributed by atoms with Crippen LogP contribution in [0, 0.1) is 5.92 Å². The number of carbonyl (C=O) groups excluding carboxylic acids is 1. The molecule has 14 heteroatoms. The van der Waals surface area contributed by atoms with Crippen LogP contribution in [0.4, 0.5) is 10.8 Å². The molecule has 0 unspecified atom stereocenters. The zero-order valence-corrected chi connectivity index (χ0v) is 22.9. The maximum Gasteiger partial charge on any atom is 0.287 e. The third-order valence-electron chi connectivity index (χ3n) is 5.70. The standard InChI is InChI=1S/C22H22N4O5S5/c27-19(13-15-7-9-23-10-8-15)25-22-24-17-6-5-16(14-18(17)34-22)26(35(28,29)20-3-1-11-32-20)36(30,31)21-4-2-12-33-21/h1-6,11-12,14-15,23H,7-10,13H2,(H,24,25,27). The Kier molecular flexibility index (Phi) is 7.16. The summed E-state index contributed by atoms with van der Waals surface area (Å²) in [6.07, 6.45) is 2.31. The van der Waals surface area contributed by atoms with Gasteiger partial charge in [-0.1, -0.05) is 23.5 Å². The Morgan fingerprint density at radius 3 is 2.22 bits per heavy atom. The number of carbonyl (C=O) groups is 1. The quantitative estimate of drug-likeness (QED) is 0.317. The summed E-state index contributed by atoms with van der Waals surface area (Å²) in [5, 5.41) is 9.65. The molecule has 36 heavy (non-hydrogen) atoms. The van der Waals surface area contributed by atoms with Gasteiger partial charge in [0.15, 0.2) is 5.13 Å². The number of anilines is 2. The number of thiazole rings is 1. The second-order valence-electron chi connectivity index (χ2n) is 8.19. The average molecular weight is 583 g/mol. The summed E-state index contributed by atoms with van der Waals surface area (Å²) in [5.74, 6) is 0.203. The molecule has 0 bridgehead atoms. The van der Waals surface area contributed by atoms with Gasteiger partial charge in [-0.3, -0.25) is 4.79 Å². The molecular weight excluding hydrogens is 561 g/mol. The topological polar surface area (TPSA) is 126 Å². The number of hydrogen-bond acceptors (Lipinski definition) is 10. The highest BCUT2D eigenvalue weighted by Gasteiger charge is 2.38. The van der Waals surface area contributed by atoms with Crippen molar-refractivity contribution in [2.24, 2.45) is 5.92 Å². The monoisotopic (exact) mass is 582 g/mol. The molecule has 190 valence electrons. The van der Waals surface area contributed by atoms with Crippen LogP contribution >= 0.6 is 34.0 Å². The van der Waals surface area contributed by atoms with E-state index >= 15 is 0 Å². The van der Waals surface area contributed by atoms with Crippen molar-refractivity contribution >= 4 is 81.0 Å². The third-order valence-corrected chi connectivity index (χ3v) is 13.6. The Morgan fingerprint density at radius 2 is 1.64 bits per heavy atom. The maximum atomic E-state index is 13.5. The summed E-state index contributed by atoms with van der Waals surface area (Å²) in [5.41, 5.74) is 0.503. The molecule has 4 aromatic rings. The van der Waals surface area contributed by atoms with E-state index in [2.05, 4.69) is 15.6 Å². The molecule has 1 aliphatic rings. The number of benzene rings is 1. The molecular formula is C22H22N4O5S5. The molecule has 0 radical (unpaired) electrons. The molecule has 5 rings (SSSR count). The molecule has 4 heterocycles. The first kappa shape index (κ1) is 25.3. The van der Waals surface area contributed by atoms with E-state index in [4.69, 9.17) is 0 Å². The molecule has 0 aliphatic carbocycles. The second kappa shape index (κ2) is 10.2. The Labute approximate surface area is 220 Å². The van der Waals surface area contributed by atoms with Gasteiger partial charge in [-0.2, -0.15) is 20.5 Å². The predicted molar refractivity (Wildman–Crippen MR) is 144 cm³/mol. The lowest BCUT2D eigenvalue weighted by Crippen LogP contribution is -2.36. The minimum Gasteiger partial charge on any atom is -0.317 e. The van der Waals surface area contributed by atoms with Crippen molar-refractivity contribution < 1.29 is 21.6 Å². The number of sulfonamides is 2. The van der Waals surface area contributed by atoms with Crippen molar-refractivity contribution in [2.75, 3.05) is 22.1 Å². The molecule has 0 spiro atoms. The lowest BCUT2D eigenvalue weighted by Gasteiger charge is -2.22. The first-order chi connectivity index (χ1) is 17.2. The predicted octanol–water partition coefficient (Wildman–Crippen LogP) is 4.33. The van der Waals surface area contributed by atoms with Gasteiger partial charge in [0, 0.05) is 6.42 Å². The summed E-state index contributed by atoms with van der Waals surface area (Å²) in [6, 6.07) is 10.3. The largest absolute Gasteiger partial charge is 0.317 e. The number of piperidine rings is 1.